The second-order valence-electron chi connectivity index (χ2n) is 5.51. The minimum atomic E-state index is -1.82. The molecule has 0 heterocycles. The number of carboxylic acid groups (broad SMARTS) is 2. The molecule has 0 fully saturated rings. The number of para-hydroxylation sites is 1. The Morgan fingerprint density at radius 2 is 1.46 bits per heavy atom. The van der Waals surface area contributed by atoms with Gasteiger partial charge < -0.3 is 24.6 Å². The number of carbonyl (C=O) groups is 2. The van der Waals surface area contributed by atoms with E-state index in [1.165, 1.54) is 0 Å². The van der Waals surface area contributed by atoms with Crippen LogP contribution in [0.15, 0.2) is 54.6 Å². The van der Waals surface area contributed by atoms with Crippen molar-refractivity contribution in [3.05, 3.63) is 54.6 Å². The lowest BCUT2D eigenvalue weighted by Crippen LogP contribution is -2.15. The third-order valence-corrected chi connectivity index (χ3v) is 2.99. The fourth-order valence-electron chi connectivity index (χ4n) is 1.82. The smallest absolute Gasteiger partial charge is 0.414 e. The lowest BCUT2D eigenvalue weighted by molar-refractivity contribution is -0.159. The quantitative estimate of drug-likeness (QED) is 0.578. The van der Waals surface area contributed by atoms with Crippen LogP contribution in [0.25, 0.3) is 0 Å². The van der Waals surface area contributed by atoms with Gasteiger partial charge in [0.1, 0.15) is 17.2 Å². The van der Waals surface area contributed by atoms with E-state index >= 15 is 0 Å². The van der Waals surface area contributed by atoms with Crippen LogP contribution in [0.1, 0.15) is 6.42 Å². The normalized spacial score (nSPS) is 9.81. The number of rotatable bonds is 7. The van der Waals surface area contributed by atoms with Crippen LogP contribution in [0.4, 0.5) is 0 Å². The Balaban J connectivity index is 0.000000487. The highest BCUT2D eigenvalue weighted by Crippen LogP contribution is 2.24. The van der Waals surface area contributed by atoms with Gasteiger partial charge in [0, 0.05) is 12.6 Å². The first-order valence-electron chi connectivity index (χ1n) is 7.95. The molecule has 0 aliphatic heterocycles. The van der Waals surface area contributed by atoms with Crippen molar-refractivity contribution >= 4 is 11.9 Å². The maximum absolute atomic E-state index is 9.10. The molecule has 0 unspecified atom stereocenters. The zero-order valence-corrected chi connectivity index (χ0v) is 14.8. The summed E-state index contributed by atoms with van der Waals surface area (Å²) in [6.07, 6.45) is 1.01. The van der Waals surface area contributed by atoms with Crippen molar-refractivity contribution in [1.82, 2.24) is 4.90 Å². The van der Waals surface area contributed by atoms with Gasteiger partial charge in [0.15, 0.2) is 0 Å². The van der Waals surface area contributed by atoms with E-state index in [0.717, 1.165) is 30.2 Å². The van der Waals surface area contributed by atoms with E-state index in [1.807, 2.05) is 54.6 Å². The van der Waals surface area contributed by atoms with Crippen molar-refractivity contribution < 1.29 is 29.3 Å². The first-order valence-corrected chi connectivity index (χ1v) is 7.95. The molecule has 2 aromatic rings. The van der Waals surface area contributed by atoms with Crippen molar-refractivity contribution in [3.63, 3.8) is 0 Å². The number of aliphatic carboxylic acids is 2. The van der Waals surface area contributed by atoms with Crippen LogP contribution in [0.2, 0.25) is 0 Å². The van der Waals surface area contributed by atoms with Gasteiger partial charge in [0.05, 0.1) is 6.61 Å². The SMILES string of the molecule is CN(C)CCCOc1cccc(Oc2ccccc2)c1.O=C(O)C(=O)O. The molecule has 0 aromatic heterocycles. The molecule has 0 aliphatic carbocycles. The Morgan fingerprint density at radius 3 is 2.04 bits per heavy atom. The van der Waals surface area contributed by atoms with Crippen molar-refractivity contribution in [2.75, 3.05) is 27.2 Å². The highest BCUT2D eigenvalue weighted by molar-refractivity contribution is 6.27. The van der Waals surface area contributed by atoms with Gasteiger partial charge in [-0.1, -0.05) is 24.3 Å². The molecule has 7 heteroatoms. The maximum Gasteiger partial charge on any atom is 0.414 e. The standard InChI is InChI=1S/C17H21NO2.C2H2O4/c1-18(2)12-7-13-19-16-10-6-11-17(14-16)20-15-8-4-3-5-9-15;3-1(4)2(5)6/h3-6,8-11,14H,7,12-13H2,1-2H3;(H,3,4)(H,5,6). The molecular weight excluding hydrogens is 338 g/mol. The summed E-state index contributed by atoms with van der Waals surface area (Å²) in [6.45, 7) is 1.74. The first-order chi connectivity index (χ1) is 12.4. The number of nitrogens with zero attached hydrogens (tertiary/aromatic N) is 1. The minimum absolute atomic E-state index is 0.715. The Bertz CT molecular complexity index is 675. The number of carboxylic acids is 2. The zero-order chi connectivity index (χ0) is 19.4. The van der Waals surface area contributed by atoms with Crippen molar-refractivity contribution in [3.8, 4) is 17.2 Å². The van der Waals surface area contributed by atoms with Gasteiger partial charge in [0.25, 0.3) is 0 Å². The molecular formula is C19H23NO6. The van der Waals surface area contributed by atoms with E-state index in [9.17, 15) is 0 Å². The molecule has 0 atom stereocenters. The molecule has 140 valence electrons. The average molecular weight is 361 g/mol. The van der Waals surface area contributed by atoms with Gasteiger partial charge in [-0.25, -0.2) is 9.59 Å². The lowest BCUT2D eigenvalue weighted by Gasteiger charge is -2.11. The summed E-state index contributed by atoms with van der Waals surface area (Å²) in [5.74, 6) is -1.18. The monoisotopic (exact) mass is 361 g/mol. The van der Waals surface area contributed by atoms with E-state index in [4.69, 9.17) is 29.3 Å². The molecule has 0 amide bonds. The topological polar surface area (TPSA) is 96.3 Å². The van der Waals surface area contributed by atoms with E-state index in [0.29, 0.717) is 6.61 Å². The minimum Gasteiger partial charge on any atom is -0.493 e. The molecule has 0 bridgehead atoms. The van der Waals surface area contributed by atoms with E-state index in [1.54, 1.807) is 0 Å². The Hall–Kier alpha value is -3.06. The fourth-order valence-corrected chi connectivity index (χ4v) is 1.82. The van der Waals surface area contributed by atoms with Crippen LogP contribution < -0.4 is 9.47 Å². The van der Waals surface area contributed by atoms with Gasteiger partial charge in [-0.2, -0.15) is 0 Å². The van der Waals surface area contributed by atoms with Crippen LogP contribution in [0.3, 0.4) is 0 Å². The van der Waals surface area contributed by atoms with Gasteiger partial charge in [-0.05, 0) is 44.8 Å². The molecule has 2 rings (SSSR count). The van der Waals surface area contributed by atoms with Gasteiger partial charge >= 0.3 is 11.9 Å². The number of hydrogen-bond donors (Lipinski definition) is 2. The summed E-state index contributed by atoms with van der Waals surface area (Å²) in [5.41, 5.74) is 0. The summed E-state index contributed by atoms with van der Waals surface area (Å²) in [5, 5.41) is 14.8. The van der Waals surface area contributed by atoms with Crippen LogP contribution in [-0.2, 0) is 9.59 Å². The van der Waals surface area contributed by atoms with Crippen LogP contribution >= 0.6 is 0 Å². The summed E-state index contributed by atoms with van der Waals surface area (Å²) in [4.78, 5) is 20.4. The molecule has 0 spiro atoms. The summed E-state index contributed by atoms with van der Waals surface area (Å²) >= 11 is 0. The fraction of sp³-hybridized carbons (Fsp3) is 0.263. The largest absolute Gasteiger partial charge is 0.493 e. The van der Waals surface area contributed by atoms with Gasteiger partial charge in [-0.15, -0.1) is 0 Å². The van der Waals surface area contributed by atoms with E-state index in [-0.39, 0.29) is 0 Å². The number of hydrogen-bond acceptors (Lipinski definition) is 5. The predicted molar refractivity (Wildman–Crippen MR) is 96.9 cm³/mol. The molecule has 26 heavy (non-hydrogen) atoms. The maximum atomic E-state index is 9.10. The van der Waals surface area contributed by atoms with E-state index in [2.05, 4.69) is 19.0 Å². The summed E-state index contributed by atoms with van der Waals surface area (Å²) in [7, 11) is 4.13. The van der Waals surface area contributed by atoms with Crippen molar-refractivity contribution in [1.29, 1.82) is 0 Å². The zero-order valence-electron chi connectivity index (χ0n) is 14.8. The van der Waals surface area contributed by atoms with Gasteiger partial charge in [-0.3, -0.25) is 0 Å². The Kier molecular flexibility index (Phi) is 9.27. The molecule has 7 nitrogen and oxygen atoms in total. The Labute approximate surface area is 152 Å². The molecule has 0 saturated heterocycles. The molecule has 2 aromatic carbocycles. The Morgan fingerprint density at radius 1 is 0.885 bits per heavy atom. The number of benzene rings is 2. The van der Waals surface area contributed by atoms with E-state index < -0.39 is 11.9 Å². The molecule has 2 N–H and O–H groups in total. The highest BCUT2D eigenvalue weighted by Gasteiger charge is 2.04. The van der Waals surface area contributed by atoms with Gasteiger partial charge in [0.2, 0.25) is 0 Å². The second kappa shape index (κ2) is 11.5. The summed E-state index contributed by atoms with van der Waals surface area (Å²) < 4.78 is 11.5. The van der Waals surface area contributed by atoms with Crippen LogP contribution in [-0.4, -0.2) is 54.3 Å². The summed E-state index contributed by atoms with van der Waals surface area (Å²) in [6, 6.07) is 17.5. The molecule has 0 radical (unpaired) electrons. The average Bonchev–Trinajstić information content (AvgIpc) is 2.60. The van der Waals surface area contributed by atoms with Crippen LogP contribution in [0.5, 0.6) is 17.2 Å². The van der Waals surface area contributed by atoms with Crippen LogP contribution in [0, 0.1) is 0 Å². The third kappa shape index (κ3) is 9.29. The highest BCUT2D eigenvalue weighted by atomic mass is 16.5. The lowest BCUT2D eigenvalue weighted by atomic mass is 10.3. The third-order valence-electron chi connectivity index (χ3n) is 2.99. The predicted octanol–water partition coefficient (Wildman–Crippen LogP) is 2.96. The first kappa shape index (κ1) is 21.0. The molecule has 0 aliphatic rings. The molecule has 0 saturated carbocycles. The van der Waals surface area contributed by atoms with Crippen molar-refractivity contribution in [2.45, 2.75) is 6.42 Å². The second-order valence-corrected chi connectivity index (χ2v) is 5.51. The number of ether oxygens (including phenoxy) is 2. The van der Waals surface area contributed by atoms with Crippen molar-refractivity contribution in [2.24, 2.45) is 0 Å².